The molecule has 142 valence electrons. The summed E-state index contributed by atoms with van der Waals surface area (Å²) in [6.45, 7) is 1.87. The van der Waals surface area contributed by atoms with Gasteiger partial charge in [-0.1, -0.05) is 11.6 Å². The van der Waals surface area contributed by atoms with E-state index in [0.29, 0.717) is 33.4 Å². The highest BCUT2D eigenvalue weighted by Crippen LogP contribution is 2.24. The van der Waals surface area contributed by atoms with Gasteiger partial charge in [0.2, 0.25) is 15.9 Å². The summed E-state index contributed by atoms with van der Waals surface area (Å²) in [5.74, 6) is -0.375. The zero-order valence-corrected chi connectivity index (χ0v) is 16.8. The molecule has 1 fully saturated rings. The Kier molecular flexibility index (Phi) is 5.81. The Hall–Kier alpha value is -2.00. The lowest BCUT2D eigenvalue weighted by Crippen LogP contribution is -2.40. The van der Waals surface area contributed by atoms with Crippen LogP contribution in [0.15, 0.2) is 41.8 Å². The number of halogens is 1. The summed E-state index contributed by atoms with van der Waals surface area (Å²) in [4.78, 5) is 26.1. The first-order valence-corrected chi connectivity index (χ1v) is 10.9. The number of hydrogen-bond acceptors (Lipinski definition) is 5. The summed E-state index contributed by atoms with van der Waals surface area (Å²) in [5.41, 5.74) is 1.19. The molecule has 1 aliphatic heterocycles. The molecule has 0 spiro atoms. The largest absolute Gasteiger partial charge is 0.311 e. The van der Waals surface area contributed by atoms with Crippen LogP contribution in [0.25, 0.3) is 6.08 Å². The Balaban J connectivity index is 1.67. The molecule has 9 heteroatoms. The van der Waals surface area contributed by atoms with Crippen molar-refractivity contribution in [3.05, 3.63) is 56.6 Å². The first kappa shape index (κ1) is 19.8. The summed E-state index contributed by atoms with van der Waals surface area (Å²) in [6.07, 6.45) is 1.81. The van der Waals surface area contributed by atoms with Crippen LogP contribution in [0.3, 0.4) is 0 Å². The highest BCUT2D eigenvalue weighted by atomic mass is 35.5. The lowest BCUT2D eigenvalue weighted by atomic mass is 10.1. The second-order valence-corrected chi connectivity index (χ2v) is 9.39. The Labute approximate surface area is 166 Å². The highest BCUT2D eigenvalue weighted by Gasteiger charge is 2.34. The first-order valence-electron chi connectivity index (χ1n) is 8.13. The van der Waals surface area contributed by atoms with Gasteiger partial charge in [-0.05, 0) is 55.8 Å². The van der Waals surface area contributed by atoms with Gasteiger partial charge in [-0.3, -0.25) is 9.59 Å². The van der Waals surface area contributed by atoms with E-state index in [1.165, 1.54) is 29.2 Å². The molecule has 0 bridgehead atoms. The van der Waals surface area contributed by atoms with Crippen LogP contribution >= 0.6 is 22.9 Å². The zero-order valence-electron chi connectivity index (χ0n) is 14.4. The van der Waals surface area contributed by atoms with Crippen LogP contribution in [-0.4, -0.2) is 32.7 Å². The fourth-order valence-electron chi connectivity index (χ4n) is 2.73. The SMILES string of the molecule is CC(=O)c1ccc(N2CC[C@H](NS(=O)(=O)/C=C/c3ccc(Cl)s3)C2=O)cc1. The van der Waals surface area contributed by atoms with Gasteiger partial charge in [-0.2, -0.15) is 4.72 Å². The van der Waals surface area contributed by atoms with Crippen molar-refractivity contribution < 1.29 is 18.0 Å². The number of carbonyl (C=O) groups is 2. The summed E-state index contributed by atoms with van der Waals surface area (Å²) in [5, 5.41) is 1.03. The van der Waals surface area contributed by atoms with Gasteiger partial charge >= 0.3 is 0 Å². The fourth-order valence-corrected chi connectivity index (χ4v) is 4.80. The van der Waals surface area contributed by atoms with E-state index in [1.54, 1.807) is 36.4 Å². The van der Waals surface area contributed by atoms with Crippen LogP contribution in [-0.2, 0) is 14.8 Å². The van der Waals surface area contributed by atoms with E-state index in [2.05, 4.69) is 4.72 Å². The average Bonchev–Trinajstić information content (AvgIpc) is 3.19. The Bertz CT molecular complexity index is 997. The molecule has 1 aromatic heterocycles. The molecule has 0 aliphatic carbocycles. The predicted octanol–water partition coefficient (Wildman–Crippen LogP) is 3.30. The highest BCUT2D eigenvalue weighted by molar-refractivity contribution is 7.92. The van der Waals surface area contributed by atoms with E-state index < -0.39 is 16.1 Å². The number of amides is 1. The van der Waals surface area contributed by atoms with E-state index in [-0.39, 0.29) is 11.7 Å². The predicted molar refractivity (Wildman–Crippen MR) is 108 cm³/mol. The van der Waals surface area contributed by atoms with Gasteiger partial charge in [0, 0.05) is 28.1 Å². The van der Waals surface area contributed by atoms with Gasteiger partial charge < -0.3 is 4.90 Å². The van der Waals surface area contributed by atoms with E-state index in [1.807, 2.05) is 0 Å². The molecule has 1 atom stereocenters. The molecular formula is C18H17ClN2O4S2. The molecule has 1 aliphatic rings. The molecule has 27 heavy (non-hydrogen) atoms. The number of rotatable bonds is 6. The maximum atomic E-state index is 12.6. The third-order valence-electron chi connectivity index (χ3n) is 4.10. The van der Waals surface area contributed by atoms with Crippen molar-refractivity contribution in [3.8, 4) is 0 Å². The number of sulfonamides is 1. The third kappa shape index (κ3) is 4.84. The smallest absolute Gasteiger partial charge is 0.245 e. The molecular weight excluding hydrogens is 408 g/mol. The van der Waals surface area contributed by atoms with Gasteiger partial charge in [0.05, 0.1) is 4.34 Å². The van der Waals surface area contributed by atoms with Gasteiger partial charge in [0.1, 0.15) is 6.04 Å². The minimum Gasteiger partial charge on any atom is -0.311 e. The number of benzene rings is 1. The van der Waals surface area contributed by atoms with Crippen LogP contribution < -0.4 is 9.62 Å². The van der Waals surface area contributed by atoms with Crippen LogP contribution in [0.1, 0.15) is 28.6 Å². The standard InChI is InChI=1S/C18H17ClN2O4S2/c1-12(22)13-2-4-14(5-3-13)21-10-8-16(18(21)23)20-27(24,25)11-9-15-6-7-17(19)26-15/h2-7,9,11,16,20H,8,10H2,1H3/b11-9+/t16-/m0/s1. The van der Waals surface area contributed by atoms with E-state index in [9.17, 15) is 18.0 Å². The van der Waals surface area contributed by atoms with Gasteiger partial charge in [0.25, 0.3) is 0 Å². The maximum Gasteiger partial charge on any atom is 0.245 e. The van der Waals surface area contributed by atoms with Crippen molar-refractivity contribution in [1.82, 2.24) is 4.72 Å². The van der Waals surface area contributed by atoms with Gasteiger partial charge in [-0.25, -0.2) is 8.42 Å². The number of thiophene rings is 1. The molecule has 1 saturated heterocycles. The third-order valence-corrected chi connectivity index (χ3v) is 6.41. The van der Waals surface area contributed by atoms with Crippen LogP contribution in [0.2, 0.25) is 4.34 Å². The van der Waals surface area contributed by atoms with E-state index in [0.717, 1.165) is 5.41 Å². The van der Waals surface area contributed by atoms with Crippen LogP contribution in [0, 0.1) is 0 Å². The second kappa shape index (κ2) is 7.93. The summed E-state index contributed by atoms with van der Waals surface area (Å²) in [7, 11) is -3.77. The van der Waals surface area contributed by atoms with Crippen LogP contribution in [0.4, 0.5) is 5.69 Å². The molecule has 0 unspecified atom stereocenters. The summed E-state index contributed by atoms with van der Waals surface area (Å²) >= 11 is 7.08. The van der Waals surface area contributed by atoms with E-state index in [4.69, 9.17) is 11.6 Å². The quantitative estimate of drug-likeness (QED) is 0.721. The van der Waals surface area contributed by atoms with Crippen LogP contribution in [0.5, 0.6) is 0 Å². The van der Waals surface area contributed by atoms with Gasteiger partial charge in [-0.15, -0.1) is 11.3 Å². The number of nitrogens with one attached hydrogen (secondary N) is 1. The van der Waals surface area contributed by atoms with Crippen molar-refractivity contribution in [1.29, 1.82) is 0 Å². The number of anilines is 1. The molecule has 1 aromatic carbocycles. The molecule has 1 amide bonds. The van der Waals surface area contributed by atoms with Crippen molar-refractivity contribution in [3.63, 3.8) is 0 Å². The molecule has 6 nitrogen and oxygen atoms in total. The summed E-state index contributed by atoms with van der Waals surface area (Å²) < 4.78 is 27.5. The minimum absolute atomic E-state index is 0.0567. The lowest BCUT2D eigenvalue weighted by Gasteiger charge is -2.17. The van der Waals surface area contributed by atoms with E-state index >= 15 is 0 Å². The summed E-state index contributed by atoms with van der Waals surface area (Å²) in [6, 6.07) is 9.25. The number of hydrogen-bond donors (Lipinski definition) is 1. The number of nitrogens with zero attached hydrogens (tertiary/aromatic N) is 1. The normalized spacial score (nSPS) is 17.8. The fraction of sp³-hybridized carbons (Fsp3) is 0.222. The number of carbonyl (C=O) groups excluding carboxylic acids is 2. The van der Waals surface area contributed by atoms with Crippen molar-refractivity contribution in [2.24, 2.45) is 0 Å². The Morgan fingerprint density at radius 1 is 1.26 bits per heavy atom. The molecule has 2 heterocycles. The van der Waals surface area contributed by atoms with Crippen molar-refractivity contribution in [2.45, 2.75) is 19.4 Å². The molecule has 2 aromatic rings. The number of ketones is 1. The van der Waals surface area contributed by atoms with Crippen molar-refractivity contribution >= 4 is 56.4 Å². The average molecular weight is 425 g/mol. The first-order chi connectivity index (χ1) is 12.7. The molecule has 0 radical (unpaired) electrons. The number of Topliss-reactive ketones (excluding diaryl/α,β-unsaturated/α-hetero) is 1. The minimum atomic E-state index is -3.77. The Morgan fingerprint density at radius 2 is 1.96 bits per heavy atom. The second-order valence-electron chi connectivity index (χ2n) is 6.04. The molecule has 0 saturated carbocycles. The lowest BCUT2D eigenvalue weighted by molar-refractivity contribution is -0.118. The monoisotopic (exact) mass is 424 g/mol. The Morgan fingerprint density at radius 3 is 2.56 bits per heavy atom. The molecule has 1 N–H and O–H groups in total. The zero-order chi connectivity index (χ0) is 19.6. The topological polar surface area (TPSA) is 83.6 Å². The van der Waals surface area contributed by atoms with Crippen molar-refractivity contribution in [2.75, 3.05) is 11.4 Å². The molecule has 3 rings (SSSR count). The van der Waals surface area contributed by atoms with Gasteiger partial charge in [0.15, 0.2) is 5.78 Å². The maximum absolute atomic E-state index is 12.6.